The van der Waals surface area contributed by atoms with Crippen LogP contribution in [0, 0.1) is 0 Å². The minimum absolute atomic E-state index is 0.0739. The normalized spacial score (nSPS) is 13.4. The maximum atomic E-state index is 2.44. The van der Waals surface area contributed by atoms with Gasteiger partial charge in [-0.2, -0.15) is 0 Å². The van der Waals surface area contributed by atoms with Crippen LogP contribution < -0.4 is 4.90 Å². The zero-order valence-electron chi connectivity index (χ0n) is 24.9. The molecule has 8 aromatic rings. The molecule has 1 nitrogen and oxygen atoms in total. The molecule has 0 saturated heterocycles. The maximum absolute atomic E-state index is 2.44. The smallest absolute Gasteiger partial charge is 0.0468 e. The van der Waals surface area contributed by atoms with Crippen molar-refractivity contribution in [2.45, 2.75) is 19.3 Å². The minimum atomic E-state index is -0.0739. The standard InChI is InChI=1S/C43H31N/c1-43(2)41-18-10-9-17-38(41)39-24-22-32(27-42(39)43)44(30-20-19-28-11-3-4-12-29(28)25-30)31-21-23-37-35-15-6-5-13-33(35)34-14-7-8-16-36(34)40(37)26-31/h3-27H,1-2H3. The van der Waals surface area contributed by atoms with Crippen molar-refractivity contribution in [1.82, 2.24) is 0 Å². The first-order chi connectivity index (χ1) is 21.6. The second-order valence-electron chi connectivity index (χ2n) is 12.6. The van der Waals surface area contributed by atoms with Crippen molar-refractivity contribution in [2.75, 3.05) is 4.90 Å². The Hall–Kier alpha value is -5.40. The number of hydrogen-bond acceptors (Lipinski definition) is 1. The summed E-state index contributed by atoms with van der Waals surface area (Å²) >= 11 is 0. The average molecular weight is 562 g/mol. The highest BCUT2D eigenvalue weighted by molar-refractivity contribution is 6.25. The maximum Gasteiger partial charge on any atom is 0.0468 e. The lowest BCUT2D eigenvalue weighted by molar-refractivity contribution is 0.660. The molecule has 0 aromatic heterocycles. The van der Waals surface area contributed by atoms with Crippen molar-refractivity contribution in [1.29, 1.82) is 0 Å². The van der Waals surface area contributed by atoms with Gasteiger partial charge in [0.15, 0.2) is 0 Å². The molecule has 0 saturated carbocycles. The molecule has 8 aromatic carbocycles. The van der Waals surface area contributed by atoms with E-state index < -0.39 is 0 Å². The monoisotopic (exact) mass is 561 g/mol. The lowest BCUT2D eigenvalue weighted by Gasteiger charge is -2.29. The first-order valence-electron chi connectivity index (χ1n) is 15.4. The van der Waals surface area contributed by atoms with Crippen LogP contribution in [0.5, 0.6) is 0 Å². The molecule has 44 heavy (non-hydrogen) atoms. The van der Waals surface area contributed by atoms with Gasteiger partial charge >= 0.3 is 0 Å². The van der Waals surface area contributed by atoms with E-state index >= 15 is 0 Å². The molecule has 0 N–H and O–H groups in total. The van der Waals surface area contributed by atoms with Gasteiger partial charge in [-0.05, 0) is 102 Å². The van der Waals surface area contributed by atoms with Crippen LogP contribution >= 0.6 is 0 Å². The van der Waals surface area contributed by atoms with Crippen LogP contribution in [-0.2, 0) is 5.41 Å². The molecule has 1 heteroatoms. The van der Waals surface area contributed by atoms with Crippen molar-refractivity contribution < 1.29 is 0 Å². The molecule has 1 aliphatic rings. The van der Waals surface area contributed by atoms with Gasteiger partial charge in [-0.3, -0.25) is 0 Å². The van der Waals surface area contributed by atoms with Crippen LogP contribution in [0.3, 0.4) is 0 Å². The zero-order chi connectivity index (χ0) is 29.4. The van der Waals surface area contributed by atoms with Gasteiger partial charge in [0.2, 0.25) is 0 Å². The summed E-state index contributed by atoms with van der Waals surface area (Å²) in [6, 6.07) is 56.0. The topological polar surface area (TPSA) is 3.24 Å². The second kappa shape index (κ2) is 9.30. The summed E-state index contributed by atoms with van der Waals surface area (Å²) < 4.78 is 0. The highest BCUT2D eigenvalue weighted by Crippen LogP contribution is 2.51. The van der Waals surface area contributed by atoms with Gasteiger partial charge in [-0.25, -0.2) is 0 Å². The molecule has 0 unspecified atom stereocenters. The molecular formula is C43H31N. The number of benzene rings is 8. The Bertz CT molecular complexity index is 2390. The lowest BCUT2D eigenvalue weighted by atomic mass is 9.82. The molecule has 0 bridgehead atoms. The van der Waals surface area contributed by atoms with Crippen molar-refractivity contribution >= 4 is 60.2 Å². The van der Waals surface area contributed by atoms with E-state index in [1.165, 1.54) is 71.0 Å². The summed E-state index contributed by atoms with van der Waals surface area (Å²) in [4.78, 5) is 2.44. The van der Waals surface area contributed by atoms with Gasteiger partial charge < -0.3 is 4.90 Å². The molecule has 0 fully saturated rings. The molecule has 0 aliphatic heterocycles. The molecule has 0 amide bonds. The highest BCUT2D eigenvalue weighted by atomic mass is 15.1. The first-order valence-corrected chi connectivity index (χ1v) is 15.4. The number of hydrogen-bond donors (Lipinski definition) is 0. The predicted octanol–water partition coefficient (Wildman–Crippen LogP) is 12.1. The van der Waals surface area contributed by atoms with Gasteiger partial charge in [0.25, 0.3) is 0 Å². The van der Waals surface area contributed by atoms with Gasteiger partial charge in [-0.15, -0.1) is 0 Å². The van der Waals surface area contributed by atoms with Crippen LogP contribution in [0.15, 0.2) is 152 Å². The van der Waals surface area contributed by atoms with E-state index in [1.54, 1.807) is 0 Å². The zero-order valence-corrected chi connectivity index (χ0v) is 24.9. The molecule has 0 heterocycles. The number of fused-ring (bicyclic) bond motifs is 10. The SMILES string of the molecule is CC1(C)c2ccccc2-c2ccc(N(c3ccc4ccccc4c3)c3ccc4c5ccccc5c5ccccc5c4c3)cc21. The Labute approximate surface area is 257 Å². The Morgan fingerprint density at radius 1 is 0.364 bits per heavy atom. The fraction of sp³-hybridized carbons (Fsp3) is 0.0698. The van der Waals surface area contributed by atoms with E-state index in [2.05, 4.69) is 170 Å². The Morgan fingerprint density at radius 2 is 0.864 bits per heavy atom. The molecule has 9 rings (SSSR count). The summed E-state index contributed by atoms with van der Waals surface area (Å²) in [5, 5.41) is 10.2. The minimum Gasteiger partial charge on any atom is -0.310 e. The van der Waals surface area contributed by atoms with E-state index in [1.807, 2.05) is 0 Å². The summed E-state index contributed by atoms with van der Waals surface area (Å²) in [7, 11) is 0. The number of anilines is 3. The third kappa shape index (κ3) is 3.59. The van der Waals surface area contributed by atoms with Crippen LogP contribution in [0.25, 0.3) is 54.2 Å². The molecule has 208 valence electrons. The fourth-order valence-corrected chi connectivity index (χ4v) is 7.63. The van der Waals surface area contributed by atoms with Crippen LogP contribution in [0.2, 0.25) is 0 Å². The quantitative estimate of drug-likeness (QED) is 0.194. The first kappa shape index (κ1) is 25.1. The van der Waals surface area contributed by atoms with E-state index in [9.17, 15) is 0 Å². The molecule has 0 radical (unpaired) electrons. The number of nitrogens with zero attached hydrogens (tertiary/aromatic N) is 1. The van der Waals surface area contributed by atoms with Gasteiger partial charge in [-0.1, -0.05) is 129 Å². The van der Waals surface area contributed by atoms with E-state index in [-0.39, 0.29) is 5.41 Å². The Balaban J connectivity index is 1.32. The van der Waals surface area contributed by atoms with Gasteiger partial charge in [0.1, 0.15) is 0 Å². The average Bonchev–Trinajstić information content (AvgIpc) is 3.31. The third-order valence-corrected chi connectivity index (χ3v) is 9.80. The van der Waals surface area contributed by atoms with Crippen molar-refractivity contribution in [3.8, 4) is 11.1 Å². The van der Waals surface area contributed by atoms with Crippen LogP contribution in [-0.4, -0.2) is 0 Å². The second-order valence-corrected chi connectivity index (χ2v) is 12.6. The summed E-state index contributed by atoms with van der Waals surface area (Å²) in [5.74, 6) is 0. The highest BCUT2D eigenvalue weighted by Gasteiger charge is 2.35. The molecule has 1 aliphatic carbocycles. The van der Waals surface area contributed by atoms with Gasteiger partial charge in [0.05, 0.1) is 0 Å². The van der Waals surface area contributed by atoms with E-state index in [0.29, 0.717) is 0 Å². The third-order valence-electron chi connectivity index (χ3n) is 9.80. The van der Waals surface area contributed by atoms with Gasteiger partial charge in [0, 0.05) is 22.5 Å². The summed E-state index contributed by atoms with van der Waals surface area (Å²) in [6.45, 7) is 4.71. The Kier molecular flexibility index (Phi) is 5.31. The largest absolute Gasteiger partial charge is 0.310 e. The fourth-order valence-electron chi connectivity index (χ4n) is 7.63. The molecular weight excluding hydrogens is 530 g/mol. The van der Waals surface area contributed by atoms with Crippen molar-refractivity contribution in [2.24, 2.45) is 0 Å². The van der Waals surface area contributed by atoms with Crippen molar-refractivity contribution in [3.05, 3.63) is 163 Å². The van der Waals surface area contributed by atoms with Crippen LogP contribution in [0.4, 0.5) is 17.1 Å². The van der Waals surface area contributed by atoms with E-state index in [4.69, 9.17) is 0 Å². The Morgan fingerprint density at radius 3 is 1.61 bits per heavy atom. The summed E-state index contributed by atoms with van der Waals surface area (Å²) in [6.07, 6.45) is 0. The van der Waals surface area contributed by atoms with Crippen molar-refractivity contribution in [3.63, 3.8) is 0 Å². The lowest BCUT2D eigenvalue weighted by Crippen LogP contribution is -2.16. The number of rotatable bonds is 3. The molecule has 0 spiro atoms. The van der Waals surface area contributed by atoms with E-state index in [0.717, 1.165) is 11.4 Å². The summed E-state index contributed by atoms with van der Waals surface area (Å²) in [5.41, 5.74) is 8.86. The molecule has 0 atom stereocenters. The van der Waals surface area contributed by atoms with Crippen LogP contribution in [0.1, 0.15) is 25.0 Å². The predicted molar refractivity (Wildman–Crippen MR) is 189 cm³/mol.